The molecule has 1 aromatic carbocycles. The van der Waals surface area contributed by atoms with E-state index in [9.17, 15) is 4.79 Å². The van der Waals surface area contributed by atoms with Crippen LogP contribution in [0.15, 0.2) is 54.6 Å². The van der Waals surface area contributed by atoms with Gasteiger partial charge in [-0.15, -0.1) is 0 Å². The van der Waals surface area contributed by atoms with Crippen LogP contribution in [-0.4, -0.2) is 15.5 Å². The van der Waals surface area contributed by atoms with Crippen LogP contribution in [0.4, 0.5) is 5.69 Å². The number of hydrogen-bond acceptors (Lipinski definition) is 2. The van der Waals surface area contributed by atoms with Gasteiger partial charge in [0.1, 0.15) is 0 Å². The molecule has 0 aliphatic carbocycles. The third kappa shape index (κ3) is 4.10. The van der Waals surface area contributed by atoms with E-state index in [2.05, 4.69) is 10.3 Å². The lowest BCUT2D eigenvalue weighted by Gasteiger charge is -2.06. The van der Waals surface area contributed by atoms with E-state index in [0.29, 0.717) is 0 Å². The molecule has 0 saturated carbocycles. The highest BCUT2D eigenvalue weighted by Crippen LogP contribution is 2.12. The van der Waals surface area contributed by atoms with Crippen molar-refractivity contribution in [1.82, 2.24) is 9.55 Å². The molecule has 1 heterocycles. The molecule has 0 unspecified atom stereocenters. The maximum atomic E-state index is 11.6. The zero-order chi connectivity index (χ0) is 13.7. The second kappa shape index (κ2) is 6.00. The number of hydrogen-bond donors (Lipinski definition) is 1. The number of imidazole rings is 1. The molecule has 4 nitrogen and oxygen atoms in total. The van der Waals surface area contributed by atoms with Crippen molar-refractivity contribution in [3.8, 4) is 0 Å². The molecule has 0 atom stereocenters. The molecule has 2 rings (SSSR count). The van der Waals surface area contributed by atoms with Crippen molar-refractivity contribution in [2.75, 3.05) is 5.32 Å². The lowest BCUT2D eigenvalue weighted by atomic mass is 10.2. The van der Waals surface area contributed by atoms with Gasteiger partial charge in [-0.05, 0) is 31.5 Å². The van der Waals surface area contributed by atoms with Crippen LogP contribution in [0, 0.1) is 0 Å². The number of amides is 1. The summed E-state index contributed by atoms with van der Waals surface area (Å²) < 4.78 is 1.98. The van der Waals surface area contributed by atoms with E-state index in [1.165, 1.54) is 0 Å². The number of anilines is 1. The van der Waals surface area contributed by atoms with Crippen molar-refractivity contribution in [3.63, 3.8) is 0 Å². The molecule has 1 aromatic heterocycles. The van der Waals surface area contributed by atoms with Gasteiger partial charge in [-0.1, -0.05) is 17.7 Å². The SMILES string of the molecule is CC(C)=CC(=O)Nc1cccc(Cn2ccnc2)c1. The third-order valence-electron chi connectivity index (χ3n) is 2.54. The minimum absolute atomic E-state index is 0.0974. The summed E-state index contributed by atoms with van der Waals surface area (Å²) in [5.74, 6) is -0.0974. The first-order valence-electron chi connectivity index (χ1n) is 6.14. The van der Waals surface area contributed by atoms with Crippen molar-refractivity contribution in [1.29, 1.82) is 0 Å². The molecule has 2 aromatic rings. The van der Waals surface area contributed by atoms with Gasteiger partial charge in [0, 0.05) is 30.7 Å². The summed E-state index contributed by atoms with van der Waals surface area (Å²) in [6.45, 7) is 4.54. The lowest BCUT2D eigenvalue weighted by Crippen LogP contribution is -2.08. The molecule has 0 aliphatic rings. The highest BCUT2D eigenvalue weighted by atomic mass is 16.1. The van der Waals surface area contributed by atoms with Crippen molar-refractivity contribution in [2.24, 2.45) is 0 Å². The van der Waals surface area contributed by atoms with E-state index >= 15 is 0 Å². The van der Waals surface area contributed by atoms with Gasteiger partial charge in [0.05, 0.1) is 6.33 Å². The van der Waals surface area contributed by atoms with E-state index in [0.717, 1.165) is 23.4 Å². The molecule has 0 aliphatic heterocycles. The Kier molecular flexibility index (Phi) is 4.13. The summed E-state index contributed by atoms with van der Waals surface area (Å²) in [5.41, 5.74) is 2.90. The molecular formula is C15H17N3O. The Labute approximate surface area is 112 Å². The van der Waals surface area contributed by atoms with Gasteiger partial charge in [-0.25, -0.2) is 4.98 Å². The second-order valence-corrected chi connectivity index (χ2v) is 4.65. The first kappa shape index (κ1) is 13.1. The fourth-order valence-electron chi connectivity index (χ4n) is 1.78. The molecule has 0 spiro atoms. The molecule has 1 N–H and O–H groups in total. The van der Waals surface area contributed by atoms with E-state index in [4.69, 9.17) is 0 Å². The van der Waals surface area contributed by atoms with Gasteiger partial charge in [0.2, 0.25) is 5.91 Å². The summed E-state index contributed by atoms with van der Waals surface area (Å²) >= 11 is 0. The number of benzene rings is 1. The first-order valence-corrected chi connectivity index (χ1v) is 6.14. The standard InChI is InChI=1S/C15H17N3O/c1-12(2)8-15(19)17-14-5-3-4-13(9-14)10-18-7-6-16-11-18/h3-9,11H,10H2,1-2H3,(H,17,19). The van der Waals surface area contributed by atoms with Crippen LogP contribution in [0.1, 0.15) is 19.4 Å². The molecule has 0 radical (unpaired) electrons. The quantitative estimate of drug-likeness (QED) is 0.854. The van der Waals surface area contributed by atoms with E-state index in [-0.39, 0.29) is 5.91 Å². The minimum atomic E-state index is -0.0974. The Morgan fingerprint density at radius 3 is 2.95 bits per heavy atom. The Morgan fingerprint density at radius 2 is 2.26 bits per heavy atom. The van der Waals surface area contributed by atoms with Crippen LogP contribution >= 0.6 is 0 Å². The maximum Gasteiger partial charge on any atom is 0.248 e. The van der Waals surface area contributed by atoms with Gasteiger partial charge in [-0.2, -0.15) is 0 Å². The number of allylic oxidation sites excluding steroid dienone is 1. The second-order valence-electron chi connectivity index (χ2n) is 4.65. The number of aromatic nitrogens is 2. The summed E-state index contributed by atoms with van der Waals surface area (Å²) in [6, 6.07) is 7.81. The normalized spacial score (nSPS) is 10.0. The molecule has 98 valence electrons. The zero-order valence-electron chi connectivity index (χ0n) is 11.1. The largest absolute Gasteiger partial charge is 0.333 e. The van der Waals surface area contributed by atoms with Crippen LogP contribution in [0.2, 0.25) is 0 Å². The summed E-state index contributed by atoms with van der Waals surface area (Å²) in [6.07, 6.45) is 7.02. The number of nitrogens with one attached hydrogen (secondary N) is 1. The van der Waals surface area contributed by atoms with Crippen LogP contribution in [0.3, 0.4) is 0 Å². The fourth-order valence-corrected chi connectivity index (χ4v) is 1.78. The average Bonchev–Trinajstić information content (AvgIpc) is 2.81. The molecule has 0 saturated heterocycles. The van der Waals surface area contributed by atoms with E-state index in [1.54, 1.807) is 18.6 Å². The van der Waals surface area contributed by atoms with Crippen LogP contribution < -0.4 is 5.32 Å². The van der Waals surface area contributed by atoms with E-state index in [1.807, 2.05) is 48.9 Å². The number of rotatable bonds is 4. The van der Waals surface area contributed by atoms with Crippen LogP contribution in [0.5, 0.6) is 0 Å². The van der Waals surface area contributed by atoms with Gasteiger partial charge >= 0.3 is 0 Å². The van der Waals surface area contributed by atoms with E-state index < -0.39 is 0 Å². The average molecular weight is 255 g/mol. The Bertz CT molecular complexity index is 581. The van der Waals surface area contributed by atoms with Gasteiger partial charge in [-0.3, -0.25) is 4.79 Å². The minimum Gasteiger partial charge on any atom is -0.333 e. The lowest BCUT2D eigenvalue weighted by molar-refractivity contribution is -0.111. The van der Waals surface area contributed by atoms with Crippen LogP contribution in [-0.2, 0) is 11.3 Å². The fraction of sp³-hybridized carbons (Fsp3) is 0.200. The zero-order valence-corrected chi connectivity index (χ0v) is 11.1. The highest BCUT2D eigenvalue weighted by Gasteiger charge is 2.00. The molecule has 1 amide bonds. The van der Waals surface area contributed by atoms with Gasteiger partial charge in [0.25, 0.3) is 0 Å². The Balaban J connectivity index is 2.07. The highest BCUT2D eigenvalue weighted by molar-refractivity contribution is 5.99. The Hall–Kier alpha value is -2.36. The first-order chi connectivity index (χ1) is 9.13. The number of nitrogens with zero attached hydrogens (tertiary/aromatic N) is 2. The summed E-state index contributed by atoms with van der Waals surface area (Å²) in [5, 5.41) is 2.85. The van der Waals surface area contributed by atoms with Crippen molar-refractivity contribution >= 4 is 11.6 Å². The molecule has 19 heavy (non-hydrogen) atoms. The Morgan fingerprint density at radius 1 is 1.42 bits per heavy atom. The molecule has 0 fully saturated rings. The third-order valence-corrected chi connectivity index (χ3v) is 2.54. The molecule has 4 heteroatoms. The number of carbonyl (C=O) groups is 1. The van der Waals surface area contributed by atoms with Gasteiger partial charge < -0.3 is 9.88 Å². The summed E-state index contributed by atoms with van der Waals surface area (Å²) in [4.78, 5) is 15.7. The topological polar surface area (TPSA) is 46.9 Å². The van der Waals surface area contributed by atoms with Gasteiger partial charge in [0.15, 0.2) is 0 Å². The predicted octanol–water partition coefficient (Wildman–Crippen LogP) is 2.84. The smallest absolute Gasteiger partial charge is 0.248 e. The van der Waals surface area contributed by atoms with Crippen molar-refractivity contribution in [3.05, 3.63) is 60.2 Å². The monoisotopic (exact) mass is 255 g/mol. The summed E-state index contributed by atoms with van der Waals surface area (Å²) in [7, 11) is 0. The van der Waals surface area contributed by atoms with Crippen LogP contribution in [0.25, 0.3) is 0 Å². The number of carbonyl (C=O) groups excluding carboxylic acids is 1. The molecular weight excluding hydrogens is 238 g/mol. The van der Waals surface area contributed by atoms with Crippen molar-refractivity contribution in [2.45, 2.75) is 20.4 Å². The van der Waals surface area contributed by atoms with Crippen molar-refractivity contribution < 1.29 is 4.79 Å². The molecule has 0 bridgehead atoms. The predicted molar refractivity (Wildman–Crippen MR) is 75.8 cm³/mol. The maximum absolute atomic E-state index is 11.6.